The summed E-state index contributed by atoms with van der Waals surface area (Å²) in [5.74, 6) is 0. The molecule has 5 heteroatoms. The minimum atomic E-state index is -3.33. The average molecular weight is 268 g/mol. The first-order valence-corrected chi connectivity index (χ1v) is 7.72. The van der Waals surface area contributed by atoms with Crippen LogP contribution in [0.5, 0.6) is 0 Å². The van der Waals surface area contributed by atoms with E-state index in [2.05, 4.69) is 5.32 Å². The third-order valence-electron chi connectivity index (χ3n) is 3.45. The Hall–Kier alpha value is -0.910. The molecule has 4 nitrogen and oxygen atoms in total. The number of likely N-dealkylation sites (N-methyl/N-ethyl adjacent to an activating group) is 1. The van der Waals surface area contributed by atoms with Crippen LogP contribution >= 0.6 is 0 Å². The van der Waals surface area contributed by atoms with Crippen molar-refractivity contribution >= 4 is 10.0 Å². The Morgan fingerprint density at radius 1 is 1.28 bits per heavy atom. The van der Waals surface area contributed by atoms with Crippen molar-refractivity contribution < 1.29 is 8.42 Å². The second-order valence-electron chi connectivity index (χ2n) is 4.80. The largest absolute Gasteiger partial charge is 0.316 e. The van der Waals surface area contributed by atoms with Crippen LogP contribution in [0.1, 0.15) is 18.4 Å². The number of nitrogens with zero attached hydrogens (tertiary/aromatic N) is 1. The zero-order valence-corrected chi connectivity index (χ0v) is 11.7. The fourth-order valence-electron chi connectivity index (χ4n) is 2.26. The molecule has 1 heterocycles. The Balaban J connectivity index is 2.22. The maximum Gasteiger partial charge on any atom is 0.243 e. The van der Waals surface area contributed by atoms with Crippen LogP contribution < -0.4 is 5.32 Å². The molecule has 1 aromatic carbocycles. The Bertz CT molecular complexity index is 496. The van der Waals surface area contributed by atoms with Crippen molar-refractivity contribution in [2.75, 3.05) is 20.1 Å². The molecule has 1 unspecified atom stereocenters. The molecule has 100 valence electrons. The quantitative estimate of drug-likeness (QED) is 0.900. The van der Waals surface area contributed by atoms with Crippen LogP contribution in [0.2, 0.25) is 0 Å². The van der Waals surface area contributed by atoms with Gasteiger partial charge in [-0.05, 0) is 38.9 Å². The Morgan fingerprint density at radius 2 is 1.94 bits per heavy atom. The van der Waals surface area contributed by atoms with E-state index in [-0.39, 0.29) is 6.04 Å². The molecule has 1 aliphatic rings. The fourth-order valence-corrected chi connectivity index (χ4v) is 3.78. The lowest BCUT2D eigenvalue weighted by Crippen LogP contribution is -2.46. The van der Waals surface area contributed by atoms with Crippen molar-refractivity contribution in [3.8, 4) is 0 Å². The summed E-state index contributed by atoms with van der Waals surface area (Å²) in [5, 5.41) is 3.16. The molecule has 0 aromatic heterocycles. The maximum absolute atomic E-state index is 12.5. The van der Waals surface area contributed by atoms with Gasteiger partial charge in [0.15, 0.2) is 0 Å². The summed E-state index contributed by atoms with van der Waals surface area (Å²) in [5.41, 5.74) is 1.07. The first kappa shape index (κ1) is 13.5. The van der Waals surface area contributed by atoms with E-state index in [1.54, 1.807) is 16.4 Å². The first-order valence-electron chi connectivity index (χ1n) is 6.28. The number of benzene rings is 1. The van der Waals surface area contributed by atoms with Gasteiger partial charge in [0.2, 0.25) is 10.0 Å². The van der Waals surface area contributed by atoms with Crippen LogP contribution in [0.4, 0.5) is 0 Å². The molecule has 0 bridgehead atoms. The van der Waals surface area contributed by atoms with Crippen LogP contribution in [-0.4, -0.2) is 38.9 Å². The number of rotatable bonds is 3. The first-order chi connectivity index (χ1) is 8.54. The highest BCUT2D eigenvalue weighted by atomic mass is 32.2. The van der Waals surface area contributed by atoms with E-state index < -0.39 is 10.0 Å². The standard InChI is InChI=1S/C13H20N2O2S/c1-11-5-7-13(8-6-11)18(16,17)15-9-3-4-12(10-15)14-2/h5-8,12,14H,3-4,9-10H2,1-2H3. The van der Waals surface area contributed by atoms with Crippen molar-refractivity contribution in [3.63, 3.8) is 0 Å². The van der Waals surface area contributed by atoms with Crippen LogP contribution in [0.25, 0.3) is 0 Å². The molecule has 0 saturated carbocycles. The van der Waals surface area contributed by atoms with E-state index >= 15 is 0 Å². The van der Waals surface area contributed by atoms with Crippen molar-refractivity contribution in [3.05, 3.63) is 29.8 Å². The van der Waals surface area contributed by atoms with E-state index in [0.717, 1.165) is 18.4 Å². The SMILES string of the molecule is CNC1CCCN(S(=O)(=O)c2ccc(C)cc2)C1. The molecule has 0 spiro atoms. The van der Waals surface area contributed by atoms with Crippen LogP contribution in [0.3, 0.4) is 0 Å². The minimum absolute atomic E-state index is 0.263. The summed E-state index contributed by atoms with van der Waals surface area (Å²) in [6.45, 7) is 3.13. The van der Waals surface area contributed by atoms with E-state index in [1.807, 2.05) is 26.1 Å². The van der Waals surface area contributed by atoms with Crippen molar-refractivity contribution in [2.24, 2.45) is 0 Å². The summed E-state index contributed by atoms with van der Waals surface area (Å²) in [6, 6.07) is 7.32. The van der Waals surface area contributed by atoms with E-state index in [1.165, 1.54) is 0 Å². The molecule has 0 amide bonds. The average Bonchev–Trinajstić information content (AvgIpc) is 2.39. The summed E-state index contributed by atoms with van der Waals surface area (Å²) in [4.78, 5) is 0.393. The number of piperidine rings is 1. The zero-order valence-electron chi connectivity index (χ0n) is 10.9. The van der Waals surface area contributed by atoms with Gasteiger partial charge in [-0.15, -0.1) is 0 Å². The Kier molecular flexibility index (Phi) is 4.04. The number of hydrogen-bond acceptors (Lipinski definition) is 3. The summed E-state index contributed by atoms with van der Waals surface area (Å²) in [6.07, 6.45) is 1.95. The van der Waals surface area contributed by atoms with Gasteiger partial charge in [-0.3, -0.25) is 0 Å². The predicted octanol–water partition coefficient (Wildman–Crippen LogP) is 1.37. The van der Waals surface area contributed by atoms with Gasteiger partial charge in [0.05, 0.1) is 4.90 Å². The second-order valence-corrected chi connectivity index (χ2v) is 6.74. The number of hydrogen-bond donors (Lipinski definition) is 1. The van der Waals surface area contributed by atoms with Gasteiger partial charge < -0.3 is 5.32 Å². The molecule has 0 aliphatic carbocycles. The van der Waals surface area contributed by atoms with Gasteiger partial charge in [-0.1, -0.05) is 17.7 Å². The predicted molar refractivity (Wildman–Crippen MR) is 72.0 cm³/mol. The smallest absolute Gasteiger partial charge is 0.243 e. The van der Waals surface area contributed by atoms with Gasteiger partial charge in [-0.25, -0.2) is 8.42 Å². The van der Waals surface area contributed by atoms with Gasteiger partial charge in [-0.2, -0.15) is 4.31 Å². The number of nitrogens with one attached hydrogen (secondary N) is 1. The zero-order chi connectivity index (χ0) is 13.2. The fraction of sp³-hybridized carbons (Fsp3) is 0.538. The Morgan fingerprint density at radius 3 is 2.56 bits per heavy atom. The molecule has 2 rings (SSSR count). The molecule has 1 aliphatic heterocycles. The molecular formula is C13H20N2O2S. The van der Waals surface area contributed by atoms with Gasteiger partial charge in [0, 0.05) is 19.1 Å². The molecule has 1 atom stereocenters. The Labute approximate surface area is 109 Å². The summed E-state index contributed by atoms with van der Waals surface area (Å²) >= 11 is 0. The van der Waals surface area contributed by atoms with E-state index in [9.17, 15) is 8.42 Å². The highest BCUT2D eigenvalue weighted by molar-refractivity contribution is 7.89. The molecule has 1 fully saturated rings. The number of aryl methyl sites for hydroxylation is 1. The molecule has 1 N–H and O–H groups in total. The van der Waals surface area contributed by atoms with Crippen LogP contribution in [0.15, 0.2) is 29.2 Å². The molecule has 1 saturated heterocycles. The van der Waals surface area contributed by atoms with Crippen molar-refractivity contribution in [1.82, 2.24) is 9.62 Å². The summed E-state index contributed by atoms with van der Waals surface area (Å²) in [7, 11) is -1.45. The molecule has 1 aromatic rings. The molecular weight excluding hydrogens is 248 g/mol. The molecule has 0 radical (unpaired) electrons. The summed E-state index contributed by atoms with van der Waals surface area (Å²) < 4.78 is 26.5. The highest BCUT2D eigenvalue weighted by Crippen LogP contribution is 2.20. The van der Waals surface area contributed by atoms with Crippen molar-refractivity contribution in [2.45, 2.75) is 30.7 Å². The third-order valence-corrected chi connectivity index (χ3v) is 5.33. The van der Waals surface area contributed by atoms with Gasteiger partial charge in [0.1, 0.15) is 0 Å². The van der Waals surface area contributed by atoms with E-state index in [4.69, 9.17) is 0 Å². The van der Waals surface area contributed by atoms with Gasteiger partial charge >= 0.3 is 0 Å². The highest BCUT2D eigenvalue weighted by Gasteiger charge is 2.29. The van der Waals surface area contributed by atoms with Crippen LogP contribution in [-0.2, 0) is 10.0 Å². The van der Waals surface area contributed by atoms with Crippen LogP contribution in [0, 0.1) is 6.92 Å². The topological polar surface area (TPSA) is 49.4 Å². The van der Waals surface area contributed by atoms with Crippen molar-refractivity contribution in [1.29, 1.82) is 0 Å². The van der Waals surface area contributed by atoms with Gasteiger partial charge in [0.25, 0.3) is 0 Å². The lowest BCUT2D eigenvalue weighted by atomic mass is 10.1. The van der Waals surface area contributed by atoms with E-state index in [0.29, 0.717) is 18.0 Å². The minimum Gasteiger partial charge on any atom is -0.316 e. The lowest BCUT2D eigenvalue weighted by Gasteiger charge is -2.31. The number of sulfonamides is 1. The monoisotopic (exact) mass is 268 g/mol. The second kappa shape index (κ2) is 5.38. The molecule has 18 heavy (non-hydrogen) atoms. The lowest BCUT2D eigenvalue weighted by molar-refractivity contribution is 0.293. The third kappa shape index (κ3) is 2.74. The maximum atomic E-state index is 12.5. The normalized spacial score (nSPS) is 22.0.